The van der Waals surface area contributed by atoms with Crippen molar-refractivity contribution in [1.29, 1.82) is 0 Å². The quantitative estimate of drug-likeness (QED) is 0.767. The molecule has 0 aliphatic carbocycles. The van der Waals surface area contributed by atoms with Crippen molar-refractivity contribution in [2.45, 2.75) is 26.9 Å². The van der Waals surface area contributed by atoms with E-state index in [0.717, 1.165) is 52.4 Å². The van der Waals surface area contributed by atoms with Gasteiger partial charge in [-0.15, -0.1) is 0 Å². The number of piperazine rings is 1. The number of hydrogen-bond donors (Lipinski definition) is 1. The van der Waals surface area contributed by atoms with Crippen LogP contribution >= 0.6 is 0 Å². The highest BCUT2D eigenvalue weighted by atomic mass is 16.5. The molecule has 1 atom stereocenters. The first-order valence-electron chi connectivity index (χ1n) is 7.91. The lowest BCUT2D eigenvalue weighted by molar-refractivity contribution is -0.139. The van der Waals surface area contributed by atoms with E-state index in [4.69, 9.17) is 4.74 Å². The zero-order chi connectivity index (χ0) is 14.5. The summed E-state index contributed by atoms with van der Waals surface area (Å²) < 4.78 is 5.58. The number of nitrogens with zero attached hydrogens (tertiary/aromatic N) is 2. The predicted molar refractivity (Wildman–Crippen MR) is 79.6 cm³/mol. The Hall–Kier alpha value is -0.650. The molecule has 2 saturated heterocycles. The molecule has 1 N–H and O–H groups in total. The molecule has 0 bridgehead atoms. The summed E-state index contributed by atoms with van der Waals surface area (Å²) in [7, 11) is 0. The summed E-state index contributed by atoms with van der Waals surface area (Å²) in [6.45, 7) is 13.6. The van der Waals surface area contributed by atoms with Crippen LogP contribution in [0.25, 0.3) is 0 Å². The molecule has 2 fully saturated rings. The second-order valence-electron chi connectivity index (χ2n) is 6.29. The molecule has 0 spiro atoms. The van der Waals surface area contributed by atoms with Gasteiger partial charge in [-0.25, -0.2) is 0 Å². The average Bonchev–Trinajstić information content (AvgIpc) is 2.36. The standard InChI is InChI=1S/C15H29N3O2/c1-12(2)20-9-8-17-4-6-18(7-5-17)15(19)13(3)14-10-16-11-14/h12-14,16H,4-11H2,1-3H3. The van der Waals surface area contributed by atoms with Crippen LogP contribution in [0, 0.1) is 11.8 Å². The molecule has 5 heteroatoms. The van der Waals surface area contributed by atoms with Gasteiger partial charge in [0.2, 0.25) is 5.91 Å². The van der Waals surface area contributed by atoms with Crippen molar-refractivity contribution < 1.29 is 9.53 Å². The third-order valence-corrected chi connectivity index (χ3v) is 4.45. The monoisotopic (exact) mass is 283 g/mol. The SMILES string of the molecule is CC(C)OCCN1CCN(C(=O)C(C)C2CNC2)CC1. The third kappa shape index (κ3) is 4.17. The van der Waals surface area contributed by atoms with E-state index >= 15 is 0 Å². The minimum absolute atomic E-state index is 0.173. The number of hydrogen-bond acceptors (Lipinski definition) is 4. The Morgan fingerprint density at radius 1 is 1.20 bits per heavy atom. The average molecular weight is 283 g/mol. The molecule has 2 aliphatic heterocycles. The molecule has 116 valence electrons. The van der Waals surface area contributed by atoms with E-state index in [1.54, 1.807) is 0 Å². The molecule has 0 aromatic rings. The van der Waals surface area contributed by atoms with Gasteiger partial charge in [0.1, 0.15) is 0 Å². The predicted octanol–water partition coefficient (Wildman–Crippen LogP) is 0.411. The summed E-state index contributed by atoms with van der Waals surface area (Å²) >= 11 is 0. The van der Waals surface area contributed by atoms with Crippen LogP contribution in [-0.4, -0.2) is 74.2 Å². The van der Waals surface area contributed by atoms with E-state index in [-0.39, 0.29) is 5.92 Å². The molecule has 1 amide bonds. The summed E-state index contributed by atoms with van der Waals surface area (Å²) in [4.78, 5) is 16.8. The Morgan fingerprint density at radius 3 is 2.35 bits per heavy atom. The van der Waals surface area contributed by atoms with Crippen molar-refractivity contribution in [3.05, 3.63) is 0 Å². The van der Waals surface area contributed by atoms with E-state index in [2.05, 4.69) is 31.0 Å². The Kier molecular flexibility index (Phi) is 5.81. The minimum atomic E-state index is 0.173. The lowest BCUT2D eigenvalue weighted by atomic mass is 9.88. The van der Waals surface area contributed by atoms with Crippen molar-refractivity contribution in [2.75, 3.05) is 52.4 Å². The second-order valence-corrected chi connectivity index (χ2v) is 6.29. The maximum Gasteiger partial charge on any atom is 0.225 e. The van der Waals surface area contributed by atoms with E-state index in [1.807, 2.05) is 4.90 Å². The first kappa shape index (κ1) is 15.7. The van der Waals surface area contributed by atoms with Crippen LogP contribution in [0.2, 0.25) is 0 Å². The number of amides is 1. The maximum absolute atomic E-state index is 12.4. The zero-order valence-electron chi connectivity index (χ0n) is 13.1. The molecule has 2 aliphatic rings. The molecular formula is C15H29N3O2. The fraction of sp³-hybridized carbons (Fsp3) is 0.933. The van der Waals surface area contributed by atoms with Crippen molar-refractivity contribution in [3.8, 4) is 0 Å². The summed E-state index contributed by atoms with van der Waals surface area (Å²) in [5.74, 6) is 1.06. The fourth-order valence-corrected chi connectivity index (χ4v) is 2.76. The lowest BCUT2D eigenvalue weighted by Crippen LogP contribution is -2.54. The van der Waals surface area contributed by atoms with Crippen LogP contribution in [0.4, 0.5) is 0 Å². The van der Waals surface area contributed by atoms with E-state index in [0.29, 0.717) is 17.9 Å². The topological polar surface area (TPSA) is 44.8 Å². The first-order valence-corrected chi connectivity index (χ1v) is 7.91. The molecule has 20 heavy (non-hydrogen) atoms. The number of ether oxygens (including phenoxy) is 1. The van der Waals surface area contributed by atoms with Crippen molar-refractivity contribution in [1.82, 2.24) is 15.1 Å². The number of nitrogens with one attached hydrogen (secondary N) is 1. The Labute approximate surface area is 122 Å². The van der Waals surface area contributed by atoms with Crippen LogP contribution in [0.15, 0.2) is 0 Å². The van der Waals surface area contributed by atoms with Crippen LogP contribution in [-0.2, 0) is 9.53 Å². The van der Waals surface area contributed by atoms with E-state index in [1.165, 1.54) is 0 Å². The van der Waals surface area contributed by atoms with Gasteiger partial charge in [0.15, 0.2) is 0 Å². The van der Waals surface area contributed by atoms with Gasteiger partial charge < -0.3 is 15.0 Å². The number of carbonyl (C=O) groups excluding carboxylic acids is 1. The van der Waals surface area contributed by atoms with Gasteiger partial charge in [-0.2, -0.15) is 0 Å². The molecule has 0 saturated carbocycles. The summed E-state index contributed by atoms with van der Waals surface area (Å²) in [5, 5.41) is 3.25. The second kappa shape index (κ2) is 7.38. The van der Waals surface area contributed by atoms with Crippen LogP contribution < -0.4 is 5.32 Å². The number of rotatable bonds is 6. The lowest BCUT2D eigenvalue weighted by Gasteiger charge is -2.39. The number of carbonyl (C=O) groups is 1. The van der Waals surface area contributed by atoms with Gasteiger partial charge in [0.25, 0.3) is 0 Å². The molecular weight excluding hydrogens is 254 g/mol. The highest BCUT2D eigenvalue weighted by molar-refractivity contribution is 5.79. The largest absolute Gasteiger partial charge is 0.377 e. The van der Waals surface area contributed by atoms with Crippen LogP contribution in [0.1, 0.15) is 20.8 Å². The van der Waals surface area contributed by atoms with Crippen molar-refractivity contribution >= 4 is 5.91 Å². The van der Waals surface area contributed by atoms with E-state index < -0.39 is 0 Å². The fourth-order valence-electron chi connectivity index (χ4n) is 2.76. The van der Waals surface area contributed by atoms with Gasteiger partial charge in [0.05, 0.1) is 12.7 Å². The molecule has 2 rings (SSSR count). The minimum Gasteiger partial charge on any atom is -0.377 e. The van der Waals surface area contributed by atoms with E-state index in [9.17, 15) is 4.79 Å². The normalized spacial score (nSPS) is 22.9. The molecule has 5 nitrogen and oxygen atoms in total. The molecule has 0 aromatic carbocycles. The Balaban J connectivity index is 1.66. The van der Waals surface area contributed by atoms with Gasteiger partial charge in [-0.1, -0.05) is 6.92 Å². The summed E-state index contributed by atoms with van der Waals surface area (Å²) in [6.07, 6.45) is 0.301. The Bertz CT molecular complexity index is 310. The third-order valence-electron chi connectivity index (χ3n) is 4.45. The van der Waals surface area contributed by atoms with Crippen molar-refractivity contribution in [2.24, 2.45) is 11.8 Å². The molecule has 0 aromatic heterocycles. The maximum atomic E-state index is 12.4. The summed E-state index contributed by atoms with van der Waals surface area (Å²) in [5.41, 5.74) is 0. The van der Waals surface area contributed by atoms with Gasteiger partial charge in [-0.3, -0.25) is 9.69 Å². The van der Waals surface area contributed by atoms with Gasteiger partial charge in [0, 0.05) is 38.6 Å². The van der Waals surface area contributed by atoms with Crippen LogP contribution in [0.3, 0.4) is 0 Å². The molecule has 2 heterocycles. The highest BCUT2D eigenvalue weighted by Gasteiger charge is 2.32. The van der Waals surface area contributed by atoms with Crippen LogP contribution in [0.5, 0.6) is 0 Å². The Morgan fingerprint density at radius 2 is 1.85 bits per heavy atom. The van der Waals surface area contributed by atoms with Gasteiger partial charge >= 0.3 is 0 Å². The summed E-state index contributed by atoms with van der Waals surface area (Å²) in [6, 6.07) is 0. The zero-order valence-corrected chi connectivity index (χ0v) is 13.1. The molecule has 0 radical (unpaired) electrons. The van der Waals surface area contributed by atoms with Crippen molar-refractivity contribution in [3.63, 3.8) is 0 Å². The highest BCUT2D eigenvalue weighted by Crippen LogP contribution is 2.19. The first-order chi connectivity index (χ1) is 9.58. The van der Waals surface area contributed by atoms with Gasteiger partial charge in [-0.05, 0) is 32.9 Å². The molecule has 1 unspecified atom stereocenters. The smallest absolute Gasteiger partial charge is 0.225 e.